The number of benzene rings is 1. The molecule has 13 heavy (non-hydrogen) atoms. The Morgan fingerprint density at radius 1 is 1.23 bits per heavy atom. The van der Waals surface area contributed by atoms with Gasteiger partial charge in [-0.15, -0.1) is 0 Å². The van der Waals surface area contributed by atoms with Gasteiger partial charge < -0.3 is 0 Å². The number of pyridine rings is 1. The number of aryl methyl sites for hydroxylation is 1. The minimum atomic E-state index is 0.433. The van der Waals surface area contributed by atoms with Gasteiger partial charge in [-0.3, -0.25) is 0 Å². The quantitative estimate of drug-likeness (QED) is 0.604. The van der Waals surface area contributed by atoms with Crippen LogP contribution in [0.1, 0.15) is 5.56 Å². The molecule has 0 saturated heterocycles. The van der Waals surface area contributed by atoms with Crippen molar-refractivity contribution in [3.8, 4) is 0 Å². The SMILES string of the molecule is Cc1cccc2cc(Cl)nc(Cl)c12. The summed E-state index contributed by atoms with van der Waals surface area (Å²) in [5.41, 5.74) is 1.12. The van der Waals surface area contributed by atoms with Crippen molar-refractivity contribution >= 4 is 34.0 Å². The second-order valence-corrected chi connectivity index (χ2v) is 3.65. The van der Waals surface area contributed by atoms with Gasteiger partial charge in [-0.05, 0) is 23.9 Å². The van der Waals surface area contributed by atoms with Crippen LogP contribution in [-0.4, -0.2) is 4.98 Å². The summed E-state index contributed by atoms with van der Waals surface area (Å²) in [5.74, 6) is 0. The van der Waals surface area contributed by atoms with E-state index in [-0.39, 0.29) is 0 Å². The molecule has 66 valence electrons. The molecule has 0 atom stereocenters. The van der Waals surface area contributed by atoms with Crippen LogP contribution in [0, 0.1) is 6.92 Å². The smallest absolute Gasteiger partial charge is 0.138 e. The molecule has 0 fully saturated rings. The molecule has 0 saturated carbocycles. The Morgan fingerprint density at radius 2 is 2.00 bits per heavy atom. The van der Waals surface area contributed by atoms with Gasteiger partial charge in [-0.1, -0.05) is 41.4 Å². The van der Waals surface area contributed by atoms with Crippen LogP contribution in [0.2, 0.25) is 10.3 Å². The number of hydrogen-bond acceptors (Lipinski definition) is 1. The first-order valence-electron chi connectivity index (χ1n) is 3.90. The lowest BCUT2D eigenvalue weighted by Gasteiger charge is -2.03. The van der Waals surface area contributed by atoms with Gasteiger partial charge in [-0.25, -0.2) is 4.98 Å². The Bertz CT molecular complexity index is 466. The van der Waals surface area contributed by atoms with Gasteiger partial charge >= 0.3 is 0 Å². The first kappa shape index (κ1) is 8.79. The third-order valence-electron chi connectivity index (χ3n) is 1.99. The van der Waals surface area contributed by atoms with Crippen LogP contribution < -0.4 is 0 Å². The van der Waals surface area contributed by atoms with Crippen molar-refractivity contribution in [2.24, 2.45) is 0 Å². The highest BCUT2D eigenvalue weighted by molar-refractivity contribution is 6.36. The summed E-state index contributed by atoms with van der Waals surface area (Å²) in [4.78, 5) is 3.99. The van der Waals surface area contributed by atoms with Crippen molar-refractivity contribution in [2.75, 3.05) is 0 Å². The highest BCUT2D eigenvalue weighted by Gasteiger charge is 2.04. The summed E-state index contributed by atoms with van der Waals surface area (Å²) in [7, 11) is 0. The van der Waals surface area contributed by atoms with Gasteiger partial charge in [0, 0.05) is 5.39 Å². The fourth-order valence-corrected chi connectivity index (χ4v) is 2.00. The third-order valence-corrected chi connectivity index (χ3v) is 2.46. The fourth-order valence-electron chi connectivity index (χ4n) is 1.40. The minimum Gasteiger partial charge on any atom is -0.224 e. The van der Waals surface area contributed by atoms with Crippen LogP contribution in [0.15, 0.2) is 24.3 Å². The summed E-state index contributed by atoms with van der Waals surface area (Å²) < 4.78 is 0. The van der Waals surface area contributed by atoms with Crippen molar-refractivity contribution in [3.05, 3.63) is 40.1 Å². The minimum absolute atomic E-state index is 0.433. The zero-order valence-corrected chi connectivity index (χ0v) is 8.52. The van der Waals surface area contributed by atoms with E-state index in [1.165, 1.54) is 0 Å². The molecular formula is C10H7Cl2N. The lowest BCUT2D eigenvalue weighted by molar-refractivity contribution is 1.35. The molecule has 0 amide bonds. The third kappa shape index (κ3) is 1.50. The average molecular weight is 212 g/mol. The molecule has 0 bridgehead atoms. The van der Waals surface area contributed by atoms with E-state index in [1.54, 1.807) is 0 Å². The molecule has 0 spiro atoms. The van der Waals surface area contributed by atoms with Crippen molar-refractivity contribution < 1.29 is 0 Å². The average Bonchev–Trinajstić information content (AvgIpc) is 2.02. The Balaban J connectivity index is 2.94. The number of nitrogens with zero attached hydrogens (tertiary/aromatic N) is 1. The molecule has 0 radical (unpaired) electrons. The van der Waals surface area contributed by atoms with Gasteiger partial charge in [0.15, 0.2) is 0 Å². The molecule has 2 rings (SSSR count). The molecule has 2 aromatic rings. The van der Waals surface area contributed by atoms with Crippen LogP contribution in [0.5, 0.6) is 0 Å². The number of fused-ring (bicyclic) bond motifs is 1. The maximum absolute atomic E-state index is 5.97. The van der Waals surface area contributed by atoms with Crippen LogP contribution >= 0.6 is 23.2 Å². The maximum atomic E-state index is 5.97. The molecule has 0 aliphatic rings. The van der Waals surface area contributed by atoms with Crippen molar-refractivity contribution in [1.82, 2.24) is 4.98 Å². The molecule has 0 N–H and O–H groups in total. The van der Waals surface area contributed by atoms with E-state index in [0.29, 0.717) is 10.3 Å². The van der Waals surface area contributed by atoms with Gasteiger partial charge in [0.2, 0.25) is 0 Å². The standard InChI is InChI=1S/C10H7Cl2N/c1-6-3-2-4-7-5-8(11)13-10(12)9(6)7/h2-5H,1H3. The largest absolute Gasteiger partial charge is 0.224 e. The molecule has 3 heteroatoms. The molecule has 1 aromatic heterocycles. The van der Waals surface area contributed by atoms with Crippen molar-refractivity contribution in [1.29, 1.82) is 0 Å². The van der Waals surface area contributed by atoms with E-state index in [4.69, 9.17) is 23.2 Å². The van der Waals surface area contributed by atoms with Crippen LogP contribution in [0.4, 0.5) is 0 Å². The van der Waals surface area contributed by atoms with E-state index in [2.05, 4.69) is 4.98 Å². The van der Waals surface area contributed by atoms with E-state index in [1.807, 2.05) is 31.2 Å². The summed E-state index contributed by atoms with van der Waals surface area (Å²) in [5, 5.41) is 2.92. The molecule has 0 aliphatic heterocycles. The number of rotatable bonds is 0. The Kier molecular flexibility index (Phi) is 2.14. The Labute approximate surface area is 86.3 Å². The van der Waals surface area contributed by atoms with E-state index < -0.39 is 0 Å². The zero-order valence-electron chi connectivity index (χ0n) is 7.01. The van der Waals surface area contributed by atoms with E-state index in [9.17, 15) is 0 Å². The summed E-state index contributed by atoms with van der Waals surface area (Å²) in [6, 6.07) is 7.77. The lowest BCUT2D eigenvalue weighted by atomic mass is 10.1. The molecule has 1 nitrogen and oxygen atoms in total. The second-order valence-electron chi connectivity index (χ2n) is 2.91. The van der Waals surface area contributed by atoms with Gasteiger partial charge in [0.1, 0.15) is 10.3 Å². The van der Waals surface area contributed by atoms with Crippen LogP contribution in [-0.2, 0) is 0 Å². The van der Waals surface area contributed by atoms with Gasteiger partial charge in [0.05, 0.1) is 0 Å². The lowest BCUT2D eigenvalue weighted by Crippen LogP contribution is -1.83. The maximum Gasteiger partial charge on any atom is 0.138 e. The monoisotopic (exact) mass is 211 g/mol. The van der Waals surface area contributed by atoms with Gasteiger partial charge in [-0.2, -0.15) is 0 Å². The highest BCUT2D eigenvalue weighted by Crippen LogP contribution is 2.27. The Hall–Kier alpha value is -0.790. The van der Waals surface area contributed by atoms with Crippen molar-refractivity contribution in [3.63, 3.8) is 0 Å². The fraction of sp³-hybridized carbons (Fsp3) is 0.100. The molecular weight excluding hydrogens is 205 g/mol. The van der Waals surface area contributed by atoms with Crippen LogP contribution in [0.3, 0.4) is 0 Å². The second kappa shape index (κ2) is 3.17. The summed E-state index contributed by atoms with van der Waals surface area (Å²) in [6.45, 7) is 2.00. The normalized spacial score (nSPS) is 10.7. The highest BCUT2D eigenvalue weighted by atomic mass is 35.5. The summed E-state index contributed by atoms with van der Waals surface area (Å²) in [6.07, 6.45) is 0. The first-order valence-corrected chi connectivity index (χ1v) is 4.65. The number of aromatic nitrogens is 1. The predicted octanol–water partition coefficient (Wildman–Crippen LogP) is 3.85. The van der Waals surface area contributed by atoms with E-state index >= 15 is 0 Å². The molecule has 1 aromatic carbocycles. The first-order chi connectivity index (χ1) is 6.18. The number of halogens is 2. The number of hydrogen-bond donors (Lipinski definition) is 0. The zero-order chi connectivity index (χ0) is 9.42. The van der Waals surface area contributed by atoms with Gasteiger partial charge in [0.25, 0.3) is 0 Å². The van der Waals surface area contributed by atoms with Crippen molar-refractivity contribution in [2.45, 2.75) is 6.92 Å². The summed E-state index contributed by atoms with van der Waals surface area (Å²) >= 11 is 11.8. The topological polar surface area (TPSA) is 12.9 Å². The molecule has 0 aliphatic carbocycles. The molecule has 1 heterocycles. The van der Waals surface area contributed by atoms with Crippen LogP contribution in [0.25, 0.3) is 10.8 Å². The van der Waals surface area contributed by atoms with E-state index in [0.717, 1.165) is 16.3 Å². The predicted molar refractivity (Wildman–Crippen MR) is 56.5 cm³/mol. The Morgan fingerprint density at radius 3 is 2.77 bits per heavy atom. The molecule has 0 unspecified atom stereocenters.